The third-order valence-corrected chi connectivity index (χ3v) is 4.02. The second-order valence-corrected chi connectivity index (χ2v) is 5.35. The third-order valence-electron chi connectivity index (χ3n) is 4.02. The summed E-state index contributed by atoms with van der Waals surface area (Å²) in [7, 11) is 0. The maximum absolute atomic E-state index is 13.5. The molecule has 0 spiro atoms. The molecule has 2 nitrogen and oxygen atoms in total. The van der Waals surface area contributed by atoms with Crippen LogP contribution in [0.1, 0.15) is 49.4 Å². The second kappa shape index (κ2) is 6.93. The quantitative estimate of drug-likeness (QED) is 0.759. The van der Waals surface area contributed by atoms with Crippen LogP contribution < -0.4 is 0 Å². The molecule has 0 heterocycles. The average Bonchev–Trinajstić information content (AvgIpc) is 2.45. The van der Waals surface area contributed by atoms with Crippen LogP contribution in [0.5, 0.6) is 0 Å². The molecule has 0 N–H and O–H groups in total. The summed E-state index contributed by atoms with van der Waals surface area (Å²) in [6, 6.07) is 2.99. The zero-order chi connectivity index (χ0) is 14.5. The highest BCUT2D eigenvalue weighted by atomic mass is 19.1. The van der Waals surface area contributed by atoms with Crippen molar-refractivity contribution in [2.45, 2.75) is 45.1 Å². The Morgan fingerprint density at radius 3 is 2.75 bits per heavy atom. The highest BCUT2D eigenvalue weighted by Gasteiger charge is 2.25. The van der Waals surface area contributed by atoms with Gasteiger partial charge in [-0.3, -0.25) is 4.79 Å². The lowest BCUT2D eigenvalue weighted by molar-refractivity contribution is -0.00582. The maximum Gasteiger partial charge on any atom is 0.191 e. The van der Waals surface area contributed by atoms with Crippen LogP contribution in [0.4, 0.5) is 8.78 Å². The van der Waals surface area contributed by atoms with Crippen LogP contribution >= 0.6 is 0 Å². The number of benzene rings is 1. The van der Waals surface area contributed by atoms with Crippen LogP contribution in [0.15, 0.2) is 18.2 Å². The molecule has 0 radical (unpaired) electrons. The van der Waals surface area contributed by atoms with Crippen molar-refractivity contribution in [3.8, 4) is 0 Å². The normalized spacial score (nSPS) is 22.8. The number of ketones is 1. The summed E-state index contributed by atoms with van der Waals surface area (Å²) in [4.78, 5) is 11.9. The van der Waals surface area contributed by atoms with Crippen LogP contribution in [-0.4, -0.2) is 18.5 Å². The first kappa shape index (κ1) is 15.1. The van der Waals surface area contributed by atoms with E-state index in [0.29, 0.717) is 5.92 Å². The molecule has 0 amide bonds. The molecule has 2 atom stereocenters. The highest BCUT2D eigenvalue weighted by molar-refractivity contribution is 5.97. The van der Waals surface area contributed by atoms with Crippen molar-refractivity contribution < 1.29 is 18.3 Å². The van der Waals surface area contributed by atoms with Gasteiger partial charge in [-0.05, 0) is 30.9 Å². The lowest BCUT2D eigenvalue weighted by Gasteiger charge is -2.30. The first-order chi connectivity index (χ1) is 9.61. The van der Waals surface area contributed by atoms with Gasteiger partial charge in [-0.2, -0.15) is 0 Å². The first-order valence-corrected chi connectivity index (χ1v) is 7.21. The van der Waals surface area contributed by atoms with Crippen LogP contribution in [0.2, 0.25) is 0 Å². The van der Waals surface area contributed by atoms with Crippen LogP contribution in [0.25, 0.3) is 0 Å². The maximum atomic E-state index is 13.5. The van der Waals surface area contributed by atoms with E-state index < -0.39 is 17.4 Å². The number of halogens is 2. The van der Waals surface area contributed by atoms with Crippen molar-refractivity contribution in [2.24, 2.45) is 5.92 Å². The Kier molecular flexibility index (Phi) is 5.24. The van der Waals surface area contributed by atoms with E-state index in [1.54, 1.807) is 0 Å². The zero-order valence-electron chi connectivity index (χ0n) is 11.7. The number of rotatable bonds is 5. The summed E-state index contributed by atoms with van der Waals surface area (Å²) < 4.78 is 32.0. The van der Waals surface area contributed by atoms with Crippen LogP contribution in [0, 0.1) is 17.6 Å². The molecule has 1 aromatic carbocycles. The largest absolute Gasteiger partial charge is 0.370 e. The fourth-order valence-electron chi connectivity index (χ4n) is 2.84. The zero-order valence-corrected chi connectivity index (χ0v) is 11.7. The van der Waals surface area contributed by atoms with E-state index in [9.17, 15) is 13.6 Å². The Labute approximate surface area is 118 Å². The molecule has 1 saturated carbocycles. The van der Waals surface area contributed by atoms with E-state index >= 15 is 0 Å². The summed E-state index contributed by atoms with van der Waals surface area (Å²) in [6.07, 6.45) is 5.52. The van der Waals surface area contributed by atoms with Crippen molar-refractivity contribution in [3.63, 3.8) is 0 Å². The monoisotopic (exact) mass is 282 g/mol. The average molecular weight is 282 g/mol. The first-order valence-electron chi connectivity index (χ1n) is 7.21. The van der Waals surface area contributed by atoms with Gasteiger partial charge in [-0.1, -0.05) is 26.2 Å². The SMILES string of the molecule is CCC1CCCCC1OCC(=O)c1ccc(F)cc1F. The fraction of sp³-hybridized carbons (Fsp3) is 0.562. The predicted octanol–water partition coefficient (Wildman–Crippen LogP) is 4.13. The Hall–Kier alpha value is -1.29. The molecule has 0 saturated heterocycles. The fourth-order valence-corrected chi connectivity index (χ4v) is 2.84. The molecule has 0 bridgehead atoms. The van der Waals surface area contributed by atoms with Gasteiger partial charge >= 0.3 is 0 Å². The Morgan fingerprint density at radius 1 is 1.30 bits per heavy atom. The predicted molar refractivity (Wildman–Crippen MR) is 72.7 cm³/mol. The van der Waals surface area contributed by atoms with Crippen molar-refractivity contribution >= 4 is 5.78 Å². The molecule has 2 rings (SSSR count). The summed E-state index contributed by atoms with van der Waals surface area (Å²) in [5.41, 5.74) is -0.102. The molecule has 1 fully saturated rings. The summed E-state index contributed by atoms with van der Waals surface area (Å²) in [6.45, 7) is 1.98. The Morgan fingerprint density at radius 2 is 2.05 bits per heavy atom. The molecule has 110 valence electrons. The summed E-state index contributed by atoms with van der Waals surface area (Å²) in [5, 5.41) is 0. The van der Waals surface area contributed by atoms with Gasteiger partial charge in [-0.25, -0.2) is 8.78 Å². The molecule has 4 heteroatoms. The van der Waals surface area contributed by atoms with Gasteiger partial charge in [0.1, 0.15) is 18.2 Å². The summed E-state index contributed by atoms with van der Waals surface area (Å²) in [5.74, 6) is -1.45. The molecule has 2 unspecified atom stereocenters. The van der Waals surface area contributed by atoms with Gasteiger partial charge < -0.3 is 4.74 Å². The van der Waals surface area contributed by atoms with E-state index in [2.05, 4.69) is 6.92 Å². The van der Waals surface area contributed by atoms with Crippen molar-refractivity contribution in [1.29, 1.82) is 0 Å². The van der Waals surface area contributed by atoms with Crippen molar-refractivity contribution in [2.75, 3.05) is 6.61 Å². The van der Waals surface area contributed by atoms with Crippen molar-refractivity contribution in [3.05, 3.63) is 35.4 Å². The molecule has 1 aliphatic carbocycles. The van der Waals surface area contributed by atoms with Gasteiger partial charge in [0.2, 0.25) is 0 Å². The molecule has 0 aliphatic heterocycles. The number of hydrogen-bond acceptors (Lipinski definition) is 2. The van der Waals surface area contributed by atoms with Gasteiger partial charge in [0.15, 0.2) is 5.78 Å². The molecule has 1 aliphatic rings. The van der Waals surface area contributed by atoms with Gasteiger partial charge in [0, 0.05) is 6.07 Å². The third kappa shape index (κ3) is 3.63. The van der Waals surface area contributed by atoms with Gasteiger partial charge in [0.25, 0.3) is 0 Å². The Bertz CT molecular complexity index is 474. The van der Waals surface area contributed by atoms with Crippen LogP contribution in [0.3, 0.4) is 0 Å². The Balaban J connectivity index is 1.94. The topological polar surface area (TPSA) is 26.3 Å². The number of carbonyl (C=O) groups is 1. The van der Waals surface area contributed by atoms with Gasteiger partial charge in [-0.15, -0.1) is 0 Å². The smallest absolute Gasteiger partial charge is 0.191 e. The standard InChI is InChI=1S/C16H20F2O2/c1-2-11-5-3-4-6-16(11)20-10-15(19)13-8-7-12(17)9-14(13)18/h7-9,11,16H,2-6,10H2,1H3. The minimum Gasteiger partial charge on any atom is -0.370 e. The van der Waals surface area contributed by atoms with E-state index in [-0.39, 0.29) is 18.3 Å². The van der Waals surface area contributed by atoms with Crippen LogP contribution in [-0.2, 0) is 4.74 Å². The lowest BCUT2D eigenvalue weighted by Crippen LogP contribution is -2.29. The number of Topliss-reactive ketones (excluding diaryl/α,β-unsaturated/α-hetero) is 1. The van der Waals surface area contributed by atoms with E-state index in [0.717, 1.165) is 37.8 Å². The highest BCUT2D eigenvalue weighted by Crippen LogP contribution is 2.29. The minimum atomic E-state index is -0.825. The molecule has 20 heavy (non-hydrogen) atoms. The van der Waals surface area contributed by atoms with E-state index in [1.165, 1.54) is 12.5 Å². The number of ether oxygens (including phenoxy) is 1. The van der Waals surface area contributed by atoms with E-state index in [1.807, 2.05) is 0 Å². The molecular formula is C16H20F2O2. The number of hydrogen-bond donors (Lipinski definition) is 0. The van der Waals surface area contributed by atoms with Crippen molar-refractivity contribution in [1.82, 2.24) is 0 Å². The molecule has 0 aromatic heterocycles. The summed E-state index contributed by atoms with van der Waals surface area (Å²) >= 11 is 0. The lowest BCUT2D eigenvalue weighted by atomic mass is 9.85. The molecular weight excluding hydrogens is 262 g/mol. The second-order valence-electron chi connectivity index (χ2n) is 5.35. The minimum absolute atomic E-state index is 0.0845. The van der Waals surface area contributed by atoms with E-state index in [4.69, 9.17) is 4.74 Å². The van der Waals surface area contributed by atoms with Gasteiger partial charge in [0.05, 0.1) is 11.7 Å². The molecule has 1 aromatic rings. The number of carbonyl (C=O) groups excluding carboxylic acids is 1.